The first-order chi connectivity index (χ1) is 53.8. The highest BCUT2D eigenvalue weighted by atomic mass is 15.1. The van der Waals surface area contributed by atoms with Gasteiger partial charge in [0, 0.05) is 61.9 Å². The molecule has 2 aliphatic carbocycles. The topological polar surface area (TPSA) is 11.4 Å². The van der Waals surface area contributed by atoms with Crippen LogP contribution in [0.3, 0.4) is 0 Å². The Morgan fingerprint density at radius 1 is 0.220 bits per heavy atom. The summed E-state index contributed by atoms with van der Waals surface area (Å²) >= 11 is 0. The van der Waals surface area contributed by atoms with Gasteiger partial charge in [0.05, 0.1) is 11.0 Å². The van der Waals surface area contributed by atoms with Gasteiger partial charge in [-0.1, -0.05) is 329 Å². The highest BCUT2D eigenvalue weighted by Gasteiger charge is 2.36. The first kappa shape index (κ1) is 65.9. The Balaban J connectivity index is 0.000000148. The van der Waals surface area contributed by atoms with Gasteiger partial charge in [-0.15, -0.1) is 0 Å². The molecule has 0 N–H and O–H groups in total. The fourth-order valence-electron chi connectivity index (χ4n) is 16.9. The summed E-state index contributed by atoms with van der Waals surface area (Å²) in [5.74, 6) is 0.255. The summed E-state index contributed by atoms with van der Waals surface area (Å²) < 4.78 is 2.39. The predicted molar refractivity (Wildman–Crippen MR) is 460 cm³/mol. The molecule has 0 saturated heterocycles. The van der Waals surface area contributed by atoms with Gasteiger partial charge >= 0.3 is 0 Å². The summed E-state index contributed by atoms with van der Waals surface area (Å²) in [5, 5.41) is 2.49. The normalized spacial score (nSPS) is 12.8. The molecule has 0 amide bonds. The molecular weight excluding hydrogens is 1320 g/mol. The smallest absolute Gasteiger partial charge is 0.0541 e. The lowest BCUT2D eigenvalue weighted by Crippen LogP contribution is -2.16. The first-order valence-corrected chi connectivity index (χ1v) is 37.8. The van der Waals surface area contributed by atoms with E-state index in [2.05, 4.69) is 453 Å². The highest BCUT2D eigenvalue weighted by Crippen LogP contribution is 2.53. The Morgan fingerprint density at radius 3 is 1.06 bits per heavy atom. The maximum absolute atomic E-state index is 2.41. The average Bonchev–Trinajstić information content (AvgIpc) is 1.61. The van der Waals surface area contributed by atoms with Gasteiger partial charge in [0.25, 0.3) is 0 Å². The van der Waals surface area contributed by atoms with Gasteiger partial charge < -0.3 is 14.4 Å². The third kappa shape index (κ3) is 12.4. The number of aromatic nitrogens is 1. The van der Waals surface area contributed by atoms with Crippen LogP contribution in [-0.4, -0.2) is 4.57 Å². The maximum Gasteiger partial charge on any atom is 0.0541 e. The van der Waals surface area contributed by atoms with Crippen molar-refractivity contribution in [2.24, 2.45) is 0 Å². The largest absolute Gasteiger partial charge is 0.311 e. The monoisotopic (exact) mass is 1390 g/mol. The molecule has 20 rings (SSSR count). The van der Waals surface area contributed by atoms with E-state index in [1.165, 1.54) is 139 Å². The zero-order valence-electron chi connectivity index (χ0n) is 60.8. The van der Waals surface area contributed by atoms with Crippen molar-refractivity contribution in [1.82, 2.24) is 4.57 Å². The van der Waals surface area contributed by atoms with E-state index in [9.17, 15) is 0 Å². The van der Waals surface area contributed by atoms with Crippen LogP contribution < -0.4 is 9.80 Å². The van der Waals surface area contributed by atoms with Crippen molar-refractivity contribution in [3.63, 3.8) is 0 Å². The molecule has 109 heavy (non-hydrogen) atoms. The van der Waals surface area contributed by atoms with Crippen molar-refractivity contribution < 1.29 is 0 Å². The third-order valence-electron chi connectivity index (χ3n) is 22.4. The summed E-state index contributed by atoms with van der Waals surface area (Å²) in [6.45, 7) is 4.71. The van der Waals surface area contributed by atoms with Gasteiger partial charge in [-0.25, -0.2) is 0 Å². The fourth-order valence-corrected chi connectivity index (χ4v) is 16.9. The molecule has 1 aromatic heterocycles. The molecule has 1 unspecified atom stereocenters. The SMILES string of the molecule is CC1(C)c2ccccc2-c2ccc(N(c3ccc(-c4ccccc4)cc3)c3ccc(-c4ccc5c(c4)-c4ccccc4C5c4ccccc4)cc3)cc21.c1ccc(-c2ccc(N(c3ccc(-c4ccccc4)cc3)c3ccc(-c4ccc5c(c4)c4ccccc4n5-c4ccc(-c5ccccc5)cc4)cc3)cc2)cc1. The van der Waals surface area contributed by atoms with E-state index >= 15 is 0 Å². The molecular formula is C106H77N3. The van der Waals surface area contributed by atoms with E-state index in [1.807, 2.05) is 0 Å². The molecule has 3 nitrogen and oxygen atoms in total. The van der Waals surface area contributed by atoms with Crippen molar-refractivity contribution in [3.05, 3.63) is 452 Å². The van der Waals surface area contributed by atoms with Crippen molar-refractivity contribution >= 4 is 55.9 Å². The lowest BCUT2D eigenvalue weighted by atomic mass is 9.82. The second-order valence-electron chi connectivity index (χ2n) is 29.1. The van der Waals surface area contributed by atoms with Crippen molar-refractivity contribution in [1.29, 1.82) is 0 Å². The molecule has 1 atom stereocenters. The van der Waals surface area contributed by atoms with Gasteiger partial charge in [0.2, 0.25) is 0 Å². The van der Waals surface area contributed by atoms with Crippen LogP contribution in [0.4, 0.5) is 34.1 Å². The third-order valence-corrected chi connectivity index (χ3v) is 22.4. The molecule has 0 fully saturated rings. The second kappa shape index (κ2) is 28.2. The van der Waals surface area contributed by atoms with E-state index in [0.717, 1.165) is 39.8 Å². The van der Waals surface area contributed by atoms with E-state index in [0.29, 0.717) is 0 Å². The van der Waals surface area contributed by atoms with Crippen LogP contribution in [0.15, 0.2) is 425 Å². The highest BCUT2D eigenvalue weighted by molar-refractivity contribution is 6.10. The van der Waals surface area contributed by atoms with Crippen LogP contribution in [0, 0.1) is 0 Å². The van der Waals surface area contributed by atoms with Gasteiger partial charge in [0.1, 0.15) is 0 Å². The average molecular weight is 1390 g/mol. The number of nitrogens with zero attached hydrogens (tertiary/aromatic N) is 3. The number of fused-ring (bicyclic) bond motifs is 9. The molecule has 1 heterocycles. The van der Waals surface area contributed by atoms with Gasteiger partial charge in [-0.3, -0.25) is 0 Å². The van der Waals surface area contributed by atoms with Crippen LogP contribution in [0.25, 0.3) is 117 Å². The molecule has 2 aliphatic rings. The molecule has 0 saturated carbocycles. The zero-order valence-corrected chi connectivity index (χ0v) is 60.8. The van der Waals surface area contributed by atoms with E-state index in [-0.39, 0.29) is 11.3 Å². The summed E-state index contributed by atoms with van der Waals surface area (Å²) in [5.41, 5.74) is 36.9. The van der Waals surface area contributed by atoms with E-state index in [4.69, 9.17) is 0 Å². The number of anilines is 6. The number of hydrogen-bond acceptors (Lipinski definition) is 2. The maximum atomic E-state index is 2.41. The molecule has 3 heteroatoms. The van der Waals surface area contributed by atoms with Crippen molar-refractivity contribution in [2.45, 2.75) is 25.2 Å². The molecule has 0 aliphatic heterocycles. The molecule has 18 aromatic rings. The Kier molecular flexibility index (Phi) is 17.0. The second-order valence-corrected chi connectivity index (χ2v) is 29.1. The van der Waals surface area contributed by atoms with Crippen LogP contribution in [-0.2, 0) is 5.41 Å². The lowest BCUT2D eigenvalue weighted by Gasteiger charge is -2.28. The summed E-state index contributed by atoms with van der Waals surface area (Å²) in [7, 11) is 0. The van der Waals surface area contributed by atoms with E-state index in [1.54, 1.807) is 0 Å². The van der Waals surface area contributed by atoms with Crippen molar-refractivity contribution in [3.8, 4) is 94.7 Å². The number of rotatable bonds is 14. The minimum absolute atomic E-state index is 0.0830. The van der Waals surface area contributed by atoms with E-state index < -0.39 is 0 Å². The van der Waals surface area contributed by atoms with Gasteiger partial charge in [-0.05, 0) is 226 Å². The van der Waals surface area contributed by atoms with Gasteiger partial charge in [0.15, 0.2) is 0 Å². The number of benzene rings is 17. The first-order valence-electron chi connectivity index (χ1n) is 37.8. The molecule has 0 radical (unpaired) electrons. The minimum Gasteiger partial charge on any atom is -0.311 e. The quantitative estimate of drug-likeness (QED) is 0.107. The number of para-hydroxylation sites is 1. The minimum atomic E-state index is -0.0830. The van der Waals surface area contributed by atoms with Crippen LogP contribution in [0.1, 0.15) is 47.6 Å². The Bertz CT molecular complexity index is 6210. The molecule has 17 aromatic carbocycles. The van der Waals surface area contributed by atoms with Crippen LogP contribution in [0.5, 0.6) is 0 Å². The summed E-state index contributed by atoms with van der Waals surface area (Å²) in [4.78, 5) is 4.74. The predicted octanol–water partition coefficient (Wildman–Crippen LogP) is 28.9. The standard InChI is InChI=1S/C54H38N2.C52H39N/c1-4-12-39(13-5-1)42-20-29-47(30-21-42)55(48-31-22-43(23-32-48)40-14-6-2-7-15-40)49-33-26-45(27-34-49)46-28-37-54-52(38-46)51-18-10-11-19-53(51)56(54)50-35-24-44(25-36-50)41-16-8-3-9-17-41;1-52(2)49-20-12-11-18-44(49)45-32-30-42(34-50(45)52)53(40-26-21-36(22-27-40)35-13-5-3-6-14-35)41-28-23-37(24-29-41)39-25-31-47-48(33-39)43-17-9-10-19-46(43)51(47)38-15-7-4-8-16-38/h1-38H;3-34,51H,1-2H3. The Labute approximate surface area is 638 Å². The van der Waals surface area contributed by atoms with Crippen LogP contribution in [0.2, 0.25) is 0 Å². The molecule has 0 spiro atoms. The van der Waals surface area contributed by atoms with Crippen LogP contribution >= 0.6 is 0 Å². The summed E-state index contributed by atoms with van der Waals surface area (Å²) in [6.07, 6.45) is 0. The van der Waals surface area contributed by atoms with Gasteiger partial charge in [-0.2, -0.15) is 0 Å². The lowest BCUT2D eigenvalue weighted by molar-refractivity contribution is 0.660. The molecule has 516 valence electrons. The molecule has 0 bridgehead atoms. The Morgan fingerprint density at radius 2 is 0.560 bits per heavy atom. The fraction of sp³-hybridized carbons (Fsp3) is 0.0377. The Hall–Kier alpha value is -13.9. The number of hydrogen-bond donors (Lipinski definition) is 0. The zero-order chi connectivity index (χ0) is 72.8. The van der Waals surface area contributed by atoms with Crippen molar-refractivity contribution in [2.75, 3.05) is 9.80 Å². The summed E-state index contributed by atoms with van der Waals surface area (Å²) in [6, 6.07) is 154.